The van der Waals surface area contributed by atoms with Crippen LogP contribution in [0.5, 0.6) is 23.0 Å². The van der Waals surface area contributed by atoms with E-state index >= 15 is 0 Å². The molecule has 0 unspecified atom stereocenters. The minimum Gasteiger partial charge on any atom is -0.493 e. The summed E-state index contributed by atoms with van der Waals surface area (Å²) in [6, 6.07) is 18.1. The number of ether oxygens (including phenoxy) is 12. The largest absolute Gasteiger partial charge is 0.493 e. The van der Waals surface area contributed by atoms with E-state index in [1.54, 1.807) is 42.5 Å². The predicted molar refractivity (Wildman–Crippen MR) is 386 cm³/mol. The zero-order chi connectivity index (χ0) is 76.2. The van der Waals surface area contributed by atoms with E-state index in [1.807, 2.05) is 12.1 Å². The quantitative estimate of drug-likeness (QED) is 0.0168. The van der Waals surface area contributed by atoms with E-state index in [0.29, 0.717) is 212 Å². The number of nitrogens with one attached hydrogen (secondary N) is 5. The molecule has 7 amide bonds. The lowest BCUT2D eigenvalue weighted by atomic mass is 10.1. The number of unbranched alkanes of at least 4 members (excludes halogenated alkanes) is 2. The minimum absolute atomic E-state index is 0.00419. The van der Waals surface area contributed by atoms with E-state index in [2.05, 4.69) is 26.6 Å². The number of carbonyl (C=O) groups excluding carboxylic acids is 8. The highest BCUT2D eigenvalue weighted by atomic mass is 16.7. The van der Waals surface area contributed by atoms with Gasteiger partial charge in [-0.15, -0.1) is 5.06 Å². The molecule has 5 N–H and O–H groups in total. The number of carbonyl (C=O) groups is 8. The van der Waals surface area contributed by atoms with Crippen molar-refractivity contribution in [2.24, 2.45) is 0 Å². The molecule has 4 aromatic heterocycles. The fourth-order valence-electron chi connectivity index (χ4n) is 10.6. The maximum Gasteiger partial charge on any atom is 0.336 e. The van der Waals surface area contributed by atoms with Crippen molar-refractivity contribution in [2.45, 2.75) is 89.9 Å². The first-order valence-corrected chi connectivity index (χ1v) is 36.4. The standard InChI is InChI=1S/C75H96N6O27/c82-60(8-4-26-102-73-69-55(17-32-104-69)48-53-11-15-66(88)106-71(53)73)78-24-34-94-38-42-98-46-44-96-40-36-92-30-19-62(84)76-22-6-28-100-58-50-57(75(91)80-21-3-1-2-10-68(90)108-81-64(86)13-14-65(81)87)51-59(52-58)101-29-7-23-77-63(85)20-31-93-37-41-97-45-47-99-43-39-95-35-25-79-61(83)9-5-27-103-74-70-56(18-33-105-70)49-54-12-16-67(89)107-72(54)74/h11-12,15-18,32-33,48-52H,1-10,13-14,19-31,34-47H2,(H,76,84)(H,77,85)(H,78,82)(H,79,83)(H,80,91). The first-order valence-electron chi connectivity index (χ1n) is 36.4. The van der Waals surface area contributed by atoms with Crippen molar-refractivity contribution < 1.29 is 118 Å². The first-order chi connectivity index (χ1) is 52.8. The topological polar surface area (TPSA) is 407 Å². The Morgan fingerprint density at radius 3 is 1.19 bits per heavy atom. The van der Waals surface area contributed by atoms with Gasteiger partial charge in [0.15, 0.2) is 22.3 Å². The van der Waals surface area contributed by atoms with Gasteiger partial charge in [0.1, 0.15) is 11.5 Å². The number of amides is 7. The third-order valence-corrected chi connectivity index (χ3v) is 16.0. The Hall–Kier alpha value is -10.00. The van der Waals surface area contributed by atoms with E-state index in [-0.39, 0.29) is 134 Å². The van der Waals surface area contributed by atoms with Crippen LogP contribution in [0.4, 0.5) is 0 Å². The second-order valence-corrected chi connectivity index (χ2v) is 24.3. The van der Waals surface area contributed by atoms with Gasteiger partial charge in [-0.2, -0.15) is 0 Å². The Kier molecular flexibility index (Phi) is 37.4. The minimum atomic E-state index is -0.690. The molecular weight excluding hydrogens is 1420 g/mol. The van der Waals surface area contributed by atoms with E-state index in [1.165, 1.54) is 24.7 Å². The molecule has 5 heterocycles. The Morgan fingerprint density at radius 2 is 0.731 bits per heavy atom. The van der Waals surface area contributed by atoms with Crippen LogP contribution in [0.25, 0.3) is 43.9 Å². The average molecular weight is 1510 g/mol. The fraction of sp³-hybridized carbons (Fsp3) is 0.520. The van der Waals surface area contributed by atoms with Gasteiger partial charge in [-0.05, 0) is 87.1 Å². The van der Waals surface area contributed by atoms with Gasteiger partial charge in [0.25, 0.3) is 17.7 Å². The van der Waals surface area contributed by atoms with Gasteiger partial charge in [0.2, 0.25) is 35.1 Å². The summed E-state index contributed by atoms with van der Waals surface area (Å²) >= 11 is 0. The molecule has 33 nitrogen and oxygen atoms in total. The van der Waals surface area contributed by atoms with Crippen LogP contribution in [0.2, 0.25) is 0 Å². The van der Waals surface area contributed by atoms with E-state index in [4.69, 9.17) is 79.3 Å². The summed E-state index contributed by atoms with van der Waals surface area (Å²) in [5, 5.41) is 17.7. The molecule has 1 fully saturated rings. The number of benzene rings is 3. The van der Waals surface area contributed by atoms with Crippen LogP contribution in [0, 0.1) is 0 Å². The van der Waals surface area contributed by atoms with Gasteiger partial charge in [-0.1, -0.05) is 6.42 Å². The smallest absolute Gasteiger partial charge is 0.336 e. The lowest BCUT2D eigenvalue weighted by Gasteiger charge is -2.13. The Morgan fingerprint density at radius 1 is 0.343 bits per heavy atom. The van der Waals surface area contributed by atoms with Crippen molar-refractivity contribution in [3.05, 3.63) is 106 Å². The molecular formula is C75H96N6O27. The van der Waals surface area contributed by atoms with Crippen molar-refractivity contribution in [1.82, 2.24) is 31.6 Å². The predicted octanol–water partition coefficient (Wildman–Crippen LogP) is 5.92. The zero-order valence-electron chi connectivity index (χ0n) is 60.6. The van der Waals surface area contributed by atoms with E-state index in [9.17, 15) is 47.9 Å². The molecule has 1 aliphatic heterocycles. The van der Waals surface area contributed by atoms with Crippen LogP contribution < -0.4 is 56.8 Å². The molecule has 3 aromatic carbocycles. The Balaban J connectivity index is 0.593. The van der Waals surface area contributed by atoms with Gasteiger partial charge in [-0.25, -0.2) is 14.4 Å². The van der Waals surface area contributed by atoms with Gasteiger partial charge in [0.05, 0.1) is 145 Å². The lowest BCUT2D eigenvalue weighted by molar-refractivity contribution is -0.197. The summed E-state index contributed by atoms with van der Waals surface area (Å²) in [5.74, 6) is -1.54. The summed E-state index contributed by atoms with van der Waals surface area (Å²) in [4.78, 5) is 127. The van der Waals surface area contributed by atoms with Crippen LogP contribution in [0.15, 0.2) is 107 Å². The molecule has 8 rings (SSSR count). The van der Waals surface area contributed by atoms with Crippen LogP contribution in [0.1, 0.15) is 100 Å². The lowest BCUT2D eigenvalue weighted by Crippen LogP contribution is -2.31. The summed E-state index contributed by atoms with van der Waals surface area (Å²) in [6.45, 7) is 7.35. The molecule has 108 heavy (non-hydrogen) atoms. The summed E-state index contributed by atoms with van der Waals surface area (Å²) in [6.07, 6.45) is 7.03. The molecule has 1 saturated heterocycles. The molecule has 0 bridgehead atoms. The molecule has 0 atom stereocenters. The molecule has 588 valence electrons. The molecule has 1 aliphatic rings. The summed E-state index contributed by atoms with van der Waals surface area (Å²) < 4.78 is 90.0. The number of hydrogen-bond donors (Lipinski definition) is 5. The maximum atomic E-state index is 13.4. The Labute approximate surface area is 621 Å². The van der Waals surface area contributed by atoms with E-state index < -0.39 is 34.9 Å². The molecule has 0 radical (unpaired) electrons. The van der Waals surface area contributed by atoms with Gasteiger partial charge < -0.3 is 106 Å². The second-order valence-electron chi connectivity index (χ2n) is 24.3. The monoisotopic (exact) mass is 1510 g/mol. The summed E-state index contributed by atoms with van der Waals surface area (Å²) in [7, 11) is 0. The second kappa shape index (κ2) is 48.3. The first kappa shape index (κ1) is 83.6. The molecule has 0 aliphatic carbocycles. The van der Waals surface area contributed by atoms with Crippen molar-refractivity contribution in [2.75, 3.05) is 165 Å². The number of hydrogen-bond acceptors (Lipinski definition) is 27. The third-order valence-electron chi connectivity index (χ3n) is 16.0. The maximum absolute atomic E-state index is 13.4. The molecule has 7 aromatic rings. The van der Waals surface area contributed by atoms with Crippen LogP contribution in [-0.2, 0) is 76.3 Å². The number of rotatable bonds is 58. The van der Waals surface area contributed by atoms with Gasteiger partial charge in [0, 0.05) is 123 Å². The van der Waals surface area contributed by atoms with Crippen LogP contribution in [-0.4, -0.2) is 217 Å². The van der Waals surface area contributed by atoms with E-state index in [0.717, 1.165) is 10.8 Å². The highest BCUT2D eigenvalue weighted by molar-refractivity contribution is 6.02. The van der Waals surface area contributed by atoms with Gasteiger partial charge in [-0.3, -0.25) is 33.6 Å². The van der Waals surface area contributed by atoms with Crippen molar-refractivity contribution >= 4 is 91.2 Å². The number of imide groups is 1. The fourth-order valence-corrected chi connectivity index (χ4v) is 10.6. The normalized spacial score (nSPS) is 12.1. The third kappa shape index (κ3) is 30.7. The van der Waals surface area contributed by atoms with Gasteiger partial charge >= 0.3 is 17.2 Å². The number of furan rings is 2. The number of fused-ring (bicyclic) bond motifs is 4. The zero-order valence-corrected chi connectivity index (χ0v) is 60.6. The van der Waals surface area contributed by atoms with Crippen LogP contribution >= 0.6 is 0 Å². The van der Waals surface area contributed by atoms with Crippen molar-refractivity contribution in [1.29, 1.82) is 0 Å². The SMILES string of the molecule is O=C(CCCOc1c2occc2cc2ccc(=O)oc12)NCCOCCOCCOCCOCCC(=O)NCCCOc1cc(OCCCNC(=O)CCOCCOCCOCCOCCNC(=O)CCCOc2c3occc3cc3ccc(=O)oc23)cc(C(=O)NCCCCCC(=O)ON2C(=O)CCC2=O)c1. The molecule has 0 saturated carbocycles. The molecule has 33 heteroatoms. The highest BCUT2D eigenvalue weighted by Gasteiger charge is 2.33. The molecule has 0 spiro atoms. The van der Waals surface area contributed by atoms with Crippen molar-refractivity contribution in [3.8, 4) is 23.0 Å². The average Bonchev–Trinajstić information content (AvgIpc) is 1.44. The highest BCUT2D eigenvalue weighted by Crippen LogP contribution is 2.37. The Bertz CT molecular complexity index is 3860. The number of hydroxylamine groups is 2. The van der Waals surface area contributed by atoms with Crippen LogP contribution in [0.3, 0.4) is 0 Å². The number of nitrogens with zero attached hydrogens (tertiary/aromatic N) is 1. The summed E-state index contributed by atoms with van der Waals surface area (Å²) in [5.41, 5.74) is 0.766. The van der Waals surface area contributed by atoms with Crippen molar-refractivity contribution in [3.63, 3.8) is 0 Å².